The fraction of sp³-hybridized carbons (Fsp3) is 0.417. The number of nitrogens with two attached hydrogens (primary N) is 1. The summed E-state index contributed by atoms with van der Waals surface area (Å²) in [6, 6.07) is 1.47. The Balaban J connectivity index is 2.43. The van der Waals surface area contributed by atoms with E-state index in [1.54, 1.807) is 18.9 Å². The van der Waals surface area contributed by atoms with Crippen molar-refractivity contribution in [3.63, 3.8) is 0 Å². The zero-order valence-electron chi connectivity index (χ0n) is 11.2. The second-order valence-electron chi connectivity index (χ2n) is 4.20. The zero-order valence-corrected chi connectivity index (χ0v) is 11.9. The monoisotopic (exact) mass is 299 g/mol. The smallest absolute Gasteiger partial charge is 0.223 e. The number of methoxy groups -OCH3 is 1. The molecule has 1 unspecified atom stereocenters. The van der Waals surface area contributed by atoms with Crippen LogP contribution in [0.5, 0.6) is 0 Å². The second kappa shape index (κ2) is 6.25. The molecule has 2 rings (SSSR count). The van der Waals surface area contributed by atoms with Crippen LogP contribution in [0.3, 0.4) is 0 Å². The van der Waals surface area contributed by atoms with Gasteiger partial charge < -0.3 is 9.64 Å². The molecule has 1 atom stereocenters. The molecule has 108 valence electrons. The number of hydrogen-bond donors (Lipinski definition) is 1. The maximum absolute atomic E-state index is 13.9. The predicted molar refractivity (Wildman–Crippen MR) is 75.4 cm³/mol. The number of ether oxygens (including phenoxy) is 1. The van der Waals surface area contributed by atoms with Gasteiger partial charge in [0.25, 0.3) is 0 Å². The largest absolute Gasteiger partial charge is 0.383 e. The van der Waals surface area contributed by atoms with Crippen LogP contribution in [0.25, 0.3) is 0 Å². The van der Waals surface area contributed by atoms with Gasteiger partial charge in [-0.3, -0.25) is 5.73 Å². The van der Waals surface area contributed by atoms with Crippen LogP contribution in [-0.4, -0.2) is 48.1 Å². The molecule has 0 radical (unpaired) electrons. The molecule has 0 saturated heterocycles. The lowest BCUT2D eigenvalue weighted by Crippen LogP contribution is -2.49. The molecule has 0 bridgehead atoms. The summed E-state index contributed by atoms with van der Waals surface area (Å²) in [6.45, 7) is 2.54. The van der Waals surface area contributed by atoms with E-state index < -0.39 is 12.2 Å². The van der Waals surface area contributed by atoms with Gasteiger partial charge in [0.1, 0.15) is 11.7 Å². The summed E-state index contributed by atoms with van der Waals surface area (Å²) in [5.41, 5.74) is 6.15. The highest BCUT2D eigenvalue weighted by molar-refractivity contribution is 6.30. The van der Waals surface area contributed by atoms with E-state index in [4.69, 9.17) is 22.1 Å². The zero-order chi connectivity index (χ0) is 14.7. The van der Waals surface area contributed by atoms with Gasteiger partial charge in [0.15, 0.2) is 6.29 Å². The molecule has 6 nitrogen and oxygen atoms in total. The van der Waals surface area contributed by atoms with Crippen molar-refractivity contribution < 1.29 is 9.13 Å². The maximum Gasteiger partial charge on any atom is 0.223 e. The fourth-order valence-electron chi connectivity index (χ4n) is 1.85. The lowest BCUT2D eigenvalue weighted by molar-refractivity contribution is 0.162. The number of rotatable bonds is 4. The fourth-order valence-corrected chi connectivity index (χ4v) is 2.01. The molecular weight excluding hydrogens is 285 g/mol. The molecule has 1 aliphatic heterocycles. The van der Waals surface area contributed by atoms with Crippen LogP contribution in [0.1, 0.15) is 12.5 Å². The molecule has 2 N–H and O–H groups in total. The first-order chi connectivity index (χ1) is 9.52. The van der Waals surface area contributed by atoms with E-state index >= 15 is 0 Å². The molecule has 8 heteroatoms. The van der Waals surface area contributed by atoms with Crippen molar-refractivity contribution in [3.8, 4) is 0 Å². The van der Waals surface area contributed by atoms with Gasteiger partial charge in [-0.15, -0.1) is 0 Å². The Hall–Kier alpha value is -1.57. The minimum Gasteiger partial charge on any atom is -0.383 e. The van der Waals surface area contributed by atoms with Gasteiger partial charge in [0.05, 0.1) is 17.2 Å². The van der Waals surface area contributed by atoms with Crippen LogP contribution in [0.15, 0.2) is 22.2 Å². The summed E-state index contributed by atoms with van der Waals surface area (Å²) in [5.74, 6) is 0.174. The number of halogens is 2. The van der Waals surface area contributed by atoms with Crippen LogP contribution in [-0.2, 0) is 4.74 Å². The van der Waals surface area contributed by atoms with Crippen molar-refractivity contribution in [1.82, 2.24) is 9.88 Å². The Bertz CT molecular complexity index is 563. The molecule has 1 aliphatic rings. The molecule has 0 aromatic carbocycles. The summed E-state index contributed by atoms with van der Waals surface area (Å²) in [6.07, 6.45) is 0.598. The van der Waals surface area contributed by atoms with Crippen molar-refractivity contribution in [2.24, 2.45) is 15.7 Å². The van der Waals surface area contributed by atoms with E-state index in [1.807, 2.05) is 0 Å². The number of aliphatic imine (C=N–C) groups is 2. The van der Waals surface area contributed by atoms with Crippen molar-refractivity contribution >= 4 is 23.3 Å². The molecule has 0 fully saturated rings. The SMILES string of the molecule is COCCN1C(c2cc(Cl)cnc2F)=NC(C)=NC1N. The Morgan fingerprint density at radius 3 is 3.00 bits per heavy atom. The van der Waals surface area contributed by atoms with Crippen molar-refractivity contribution in [1.29, 1.82) is 0 Å². The number of pyridine rings is 1. The number of aromatic nitrogens is 1. The molecule has 0 aliphatic carbocycles. The van der Waals surface area contributed by atoms with Crippen LogP contribution in [0.2, 0.25) is 5.02 Å². The summed E-state index contributed by atoms with van der Waals surface area (Å²) in [7, 11) is 1.57. The van der Waals surface area contributed by atoms with Gasteiger partial charge in [0.2, 0.25) is 5.95 Å². The van der Waals surface area contributed by atoms with Crippen LogP contribution in [0.4, 0.5) is 4.39 Å². The maximum atomic E-state index is 13.9. The summed E-state index contributed by atoms with van der Waals surface area (Å²) < 4.78 is 18.9. The van der Waals surface area contributed by atoms with Gasteiger partial charge in [-0.2, -0.15) is 4.39 Å². The third-order valence-electron chi connectivity index (χ3n) is 2.76. The molecule has 0 amide bonds. The van der Waals surface area contributed by atoms with Gasteiger partial charge in [-0.25, -0.2) is 15.0 Å². The molecule has 20 heavy (non-hydrogen) atoms. The third-order valence-corrected chi connectivity index (χ3v) is 2.97. The van der Waals surface area contributed by atoms with E-state index in [2.05, 4.69) is 15.0 Å². The van der Waals surface area contributed by atoms with Gasteiger partial charge in [0, 0.05) is 19.9 Å². The number of hydrogen-bond acceptors (Lipinski definition) is 6. The molecule has 1 aromatic rings. The van der Waals surface area contributed by atoms with Gasteiger partial charge >= 0.3 is 0 Å². The lowest BCUT2D eigenvalue weighted by atomic mass is 10.2. The van der Waals surface area contributed by atoms with E-state index in [0.717, 1.165) is 0 Å². The molecule has 0 saturated carbocycles. The average Bonchev–Trinajstić information content (AvgIpc) is 2.40. The van der Waals surface area contributed by atoms with Crippen molar-refractivity contribution in [2.45, 2.75) is 13.2 Å². The van der Waals surface area contributed by atoms with Crippen LogP contribution < -0.4 is 5.73 Å². The first kappa shape index (κ1) is 14.8. The standard InChI is InChI=1S/C12H15ClFN5O/c1-7-17-11(9-5-8(13)6-16-10(9)14)19(3-4-20-2)12(15)18-7/h5-6,12H,3-4,15H2,1-2H3. The van der Waals surface area contributed by atoms with Gasteiger partial charge in [-0.05, 0) is 13.0 Å². The Kier molecular flexibility index (Phi) is 4.64. The summed E-state index contributed by atoms with van der Waals surface area (Å²) in [4.78, 5) is 13.7. The van der Waals surface area contributed by atoms with Crippen LogP contribution in [0, 0.1) is 5.95 Å². The van der Waals surface area contributed by atoms with Crippen molar-refractivity contribution in [2.75, 3.05) is 20.3 Å². The summed E-state index contributed by atoms with van der Waals surface area (Å²) >= 11 is 5.87. The Morgan fingerprint density at radius 1 is 1.55 bits per heavy atom. The van der Waals surface area contributed by atoms with E-state index in [1.165, 1.54) is 12.3 Å². The quantitative estimate of drug-likeness (QED) is 0.849. The highest BCUT2D eigenvalue weighted by atomic mass is 35.5. The minimum absolute atomic E-state index is 0.193. The first-order valence-electron chi connectivity index (χ1n) is 5.98. The predicted octanol–water partition coefficient (Wildman–Crippen LogP) is 1.24. The van der Waals surface area contributed by atoms with E-state index in [-0.39, 0.29) is 5.56 Å². The van der Waals surface area contributed by atoms with Gasteiger partial charge in [-0.1, -0.05) is 11.6 Å². The highest BCUT2D eigenvalue weighted by Gasteiger charge is 2.26. The average molecular weight is 300 g/mol. The number of amidine groups is 2. The third kappa shape index (κ3) is 3.12. The topological polar surface area (TPSA) is 76.1 Å². The normalized spacial score (nSPS) is 18.9. The highest BCUT2D eigenvalue weighted by Crippen LogP contribution is 2.18. The Labute approximate surface area is 121 Å². The van der Waals surface area contributed by atoms with Crippen LogP contribution >= 0.6 is 11.6 Å². The second-order valence-corrected chi connectivity index (χ2v) is 4.64. The van der Waals surface area contributed by atoms with E-state index in [0.29, 0.717) is 29.8 Å². The first-order valence-corrected chi connectivity index (χ1v) is 6.36. The minimum atomic E-state index is -0.655. The number of nitrogens with zero attached hydrogens (tertiary/aromatic N) is 4. The Morgan fingerprint density at radius 2 is 2.30 bits per heavy atom. The lowest BCUT2D eigenvalue weighted by Gasteiger charge is -2.32. The molecular formula is C12H15ClFN5O. The molecule has 2 heterocycles. The summed E-state index contributed by atoms with van der Waals surface area (Å²) in [5, 5.41) is 0.324. The molecule has 0 spiro atoms. The molecule has 1 aromatic heterocycles. The van der Waals surface area contributed by atoms with E-state index in [9.17, 15) is 4.39 Å². The van der Waals surface area contributed by atoms with Crippen molar-refractivity contribution in [3.05, 3.63) is 28.8 Å².